The number of methoxy groups -OCH3 is 1. The predicted octanol–water partition coefficient (Wildman–Crippen LogP) is 4.36. The van der Waals surface area contributed by atoms with E-state index in [1.807, 2.05) is 38.1 Å². The summed E-state index contributed by atoms with van der Waals surface area (Å²) in [6, 6.07) is 14.4. The molecule has 0 spiro atoms. The zero-order valence-corrected chi connectivity index (χ0v) is 20.6. The van der Waals surface area contributed by atoms with Crippen LogP contribution in [0.4, 0.5) is 5.69 Å². The van der Waals surface area contributed by atoms with E-state index in [4.69, 9.17) is 21.3 Å². The normalized spacial score (nSPS) is 11.1. The number of para-hydroxylation sites is 1. The van der Waals surface area contributed by atoms with Crippen molar-refractivity contribution in [3.8, 4) is 5.75 Å². The Labute approximate surface area is 205 Å². The molecule has 0 unspecified atom stereocenters. The fraction of sp³-hybridized carbons (Fsp3) is 0.250. The van der Waals surface area contributed by atoms with Gasteiger partial charge in [0.05, 0.1) is 25.1 Å². The number of anilines is 1. The van der Waals surface area contributed by atoms with E-state index in [0.717, 1.165) is 5.56 Å². The molecule has 0 bridgehead atoms. The minimum Gasteiger partial charge on any atom is -0.496 e. The topological polar surface area (TPSA) is 91.0 Å². The summed E-state index contributed by atoms with van der Waals surface area (Å²) in [5.41, 5.74) is 2.88. The lowest BCUT2D eigenvalue weighted by atomic mass is 10.2. The molecule has 0 saturated heterocycles. The summed E-state index contributed by atoms with van der Waals surface area (Å²) < 4.78 is 8.71. The molecule has 2 aromatic carbocycles. The van der Waals surface area contributed by atoms with Crippen LogP contribution in [0, 0.1) is 6.92 Å². The van der Waals surface area contributed by atoms with Gasteiger partial charge in [0.2, 0.25) is 5.91 Å². The summed E-state index contributed by atoms with van der Waals surface area (Å²) in [5, 5.41) is 8.26. The van der Waals surface area contributed by atoms with E-state index >= 15 is 0 Å². The van der Waals surface area contributed by atoms with Crippen LogP contribution in [0.1, 0.15) is 18.2 Å². The van der Waals surface area contributed by atoms with Crippen LogP contribution in [-0.4, -0.2) is 38.1 Å². The summed E-state index contributed by atoms with van der Waals surface area (Å²) in [6.45, 7) is 4.55. The number of carbonyl (C=O) groups is 1. The Hall–Kier alpha value is -3.30. The number of halogens is 1. The maximum absolute atomic E-state index is 13.6. The highest BCUT2D eigenvalue weighted by molar-refractivity contribution is 7.99. The minimum absolute atomic E-state index is 0.0668. The average Bonchev–Trinajstić information content (AvgIpc) is 3.15. The van der Waals surface area contributed by atoms with Gasteiger partial charge in [-0.2, -0.15) is 5.10 Å². The number of thioether (sulfide) groups is 1. The standard InChI is InChI=1S/C24H24ClN5O3S/c1-4-30-22-21(15(2)28-30)27-24(34-14-20(31)26-18-10-7-9-17(25)12-18)29(23(22)32)13-16-8-5-6-11-19(16)33-3/h5-12H,4,13-14H2,1-3H3,(H,26,31). The number of hydrogen-bond donors (Lipinski definition) is 1. The van der Waals surface area contributed by atoms with Gasteiger partial charge in [0, 0.05) is 22.8 Å². The number of nitrogens with zero attached hydrogens (tertiary/aromatic N) is 4. The van der Waals surface area contributed by atoms with Gasteiger partial charge in [-0.3, -0.25) is 18.8 Å². The highest BCUT2D eigenvalue weighted by Gasteiger charge is 2.20. The molecule has 1 amide bonds. The van der Waals surface area contributed by atoms with Crippen molar-refractivity contribution in [2.75, 3.05) is 18.2 Å². The molecule has 2 aromatic heterocycles. The molecule has 0 aliphatic carbocycles. The molecule has 0 atom stereocenters. The van der Waals surface area contributed by atoms with Crippen molar-refractivity contribution in [2.24, 2.45) is 0 Å². The maximum atomic E-state index is 13.6. The van der Waals surface area contributed by atoms with E-state index in [9.17, 15) is 9.59 Å². The number of rotatable bonds is 8. The van der Waals surface area contributed by atoms with Crippen LogP contribution in [0.5, 0.6) is 5.75 Å². The Kier molecular flexibility index (Phi) is 7.23. The molecule has 10 heteroatoms. The number of carbonyl (C=O) groups excluding carboxylic acids is 1. The van der Waals surface area contributed by atoms with Crippen molar-refractivity contribution in [1.82, 2.24) is 19.3 Å². The summed E-state index contributed by atoms with van der Waals surface area (Å²) >= 11 is 7.20. The van der Waals surface area contributed by atoms with Gasteiger partial charge >= 0.3 is 0 Å². The van der Waals surface area contributed by atoms with E-state index < -0.39 is 0 Å². The van der Waals surface area contributed by atoms with Crippen LogP contribution in [0.25, 0.3) is 11.0 Å². The largest absolute Gasteiger partial charge is 0.496 e. The summed E-state index contributed by atoms with van der Waals surface area (Å²) in [6.07, 6.45) is 0. The van der Waals surface area contributed by atoms with E-state index in [0.29, 0.717) is 44.9 Å². The van der Waals surface area contributed by atoms with Crippen molar-refractivity contribution in [1.29, 1.82) is 0 Å². The Morgan fingerprint density at radius 2 is 2.00 bits per heavy atom. The minimum atomic E-state index is -0.230. The van der Waals surface area contributed by atoms with Gasteiger partial charge in [-0.1, -0.05) is 47.6 Å². The van der Waals surface area contributed by atoms with E-state index in [2.05, 4.69) is 10.4 Å². The van der Waals surface area contributed by atoms with Crippen molar-refractivity contribution in [2.45, 2.75) is 32.1 Å². The number of nitrogens with one attached hydrogen (secondary N) is 1. The maximum Gasteiger partial charge on any atom is 0.280 e. The Bertz CT molecular complexity index is 1420. The smallest absolute Gasteiger partial charge is 0.280 e. The third kappa shape index (κ3) is 4.95. The first-order valence-corrected chi connectivity index (χ1v) is 12.1. The number of aryl methyl sites for hydroxylation is 2. The zero-order valence-electron chi connectivity index (χ0n) is 19.0. The Balaban J connectivity index is 1.70. The third-order valence-electron chi connectivity index (χ3n) is 5.24. The van der Waals surface area contributed by atoms with Crippen molar-refractivity contribution < 1.29 is 9.53 Å². The van der Waals surface area contributed by atoms with Gasteiger partial charge in [0.1, 0.15) is 11.3 Å². The Morgan fingerprint density at radius 1 is 1.21 bits per heavy atom. The first-order chi connectivity index (χ1) is 16.4. The Morgan fingerprint density at radius 3 is 2.74 bits per heavy atom. The monoisotopic (exact) mass is 497 g/mol. The second-order valence-corrected chi connectivity index (χ2v) is 8.92. The molecule has 8 nitrogen and oxygen atoms in total. The lowest BCUT2D eigenvalue weighted by molar-refractivity contribution is -0.113. The number of fused-ring (bicyclic) bond motifs is 1. The van der Waals surface area contributed by atoms with Crippen LogP contribution in [0.15, 0.2) is 58.5 Å². The molecule has 0 fully saturated rings. The molecular formula is C24H24ClN5O3S. The zero-order chi connectivity index (χ0) is 24.2. The molecule has 0 radical (unpaired) electrons. The van der Waals surface area contributed by atoms with Crippen molar-refractivity contribution in [3.05, 3.63) is 75.2 Å². The lowest BCUT2D eigenvalue weighted by Gasteiger charge is -2.14. The van der Waals surface area contributed by atoms with Crippen LogP contribution in [0.2, 0.25) is 5.02 Å². The molecule has 2 heterocycles. The van der Waals surface area contributed by atoms with E-state index in [1.54, 1.807) is 40.6 Å². The van der Waals surface area contributed by atoms with Crippen molar-refractivity contribution >= 4 is 46.0 Å². The second kappa shape index (κ2) is 10.3. The van der Waals surface area contributed by atoms with Gasteiger partial charge in [-0.15, -0.1) is 0 Å². The molecule has 34 heavy (non-hydrogen) atoms. The summed E-state index contributed by atoms with van der Waals surface area (Å²) in [5.74, 6) is 0.507. The molecular weight excluding hydrogens is 474 g/mol. The van der Waals surface area contributed by atoms with Gasteiger partial charge in [0.15, 0.2) is 10.7 Å². The molecule has 1 N–H and O–H groups in total. The summed E-state index contributed by atoms with van der Waals surface area (Å²) in [7, 11) is 1.59. The van der Waals surface area contributed by atoms with Crippen molar-refractivity contribution in [3.63, 3.8) is 0 Å². The molecule has 4 aromatic rings. The van der Waals surface area contributed by atoms with Crippen LogP contribution in [-0.2, 0) is 17.9 Å². The third-order valence-corrected chi connectivity index (χ3v) is 6.45. The number of ether oxygens (including phenoxy) is 1. The molecule has 0 saturated carbocycles. The number of hydrogen-bond acceptors (Lipinski definition) is 6. The first kappa shape index (κ1) is 23.8. The quantitative estimate of drug-likeness (QED) is 0.287. The molecule has 176 valence electrons. The van der Waals surface area contributed by atoms with E-state index in [1.165, 1.54) is 11.8 Å². The van der Waals surface area contributed by atoms with Crippen LogP contribution >= 0.6 is 23.4 Å². The number of benzene rings is 2. The van der Waals surface area contributed by atoms with Gasteiger partial charge < -0.3 is 10.1 Å². The van der Waals surface area contributed by atoms with Gasteiger partial charge in [-0.05, 0) is 38.1 Å². The molecule has 4 rings (SSSR count). The number of amides is 1. The highest BCUT2D eigenvalue weighted by atomic mass is 35.5. The second-order valence-electron chi connectivity index (χ2n) is 7.54. The molecule has 0 aliphatic rings. The fourth-order valence-corrected chi connectivity index (χ4v) is 4.65. The SMILES string of the molecule is CCn1nc(C)c2nc(SCC(=O)Nc3cccc(Cl)c3)n(Cc3ccccc3OC)c(=O)c21. The lowest BCUT2D eigenvalue weighted by Crippen LogP contribution is -2.26. The van der Waals surface area contributed by atoms with Gasteiger partial charge in [-0.25, -0.2) is 4.98 Å². The number of aromatic nitrogens is 4. The van der Waals surface area contributed by atoms with Gasteiger partial charge in [0.25, 0.3) is 5.56 Å². The van der Waals surface area contributed by atoms with Crippen LogP contribution in [0.3, 0.4) is 0 Å². The highest BCUT2D eigenvalue weighted by Crippen LogP contribution is 2.24. The first-order valence-electron chi connectivity index (χ1n) is 10.7. The fourth-order valence-electron chi connectivity index (χ4n) is 3.66. The molecule has 0 aliphatic heterocycles. The van der Waals surface area contributed by atoms with Crippen LogP contribution < -0.4 is 15.6 Å². The predicted molar refractivity (Wildman–Crippen MR) is 135 cm³/mol. The summed E-state index contributed by atoms with van der Waals surface area (Å²) in [4.78, 5) is 31.0. The van der Waals surface area contributed by atoms with E-state index in [-0.39, 0.29) is 23.8 Å². The average molecular weight is 498 g/mol.